The Bertz CT molecular complexity index is 394. The van der Waals surface area contributed by atoms with Crippen molar-refractivity contribution in [2.24, 2.45) is 5.84 Å². The van der Waals surface area contributed by atoms with Crippen molar-refractivity contribution in [1.82, 2.24) is 5.43 Å². The van der Waals surface area contributed by atoms with Crippen molar-refractivity contribution < 1.29 is 14.3 Å². The minimum absolute atomic E-state index is 0.176. The summed E-state index contributed by atoms with van der Waals surface area (Å²) in [6.45, 7) is 2.70. The van der Waals surface area contributed by atoms with Crippen LogP contribution in [-0.2, 0) is 11.2 Å². The highest BCUT2D eigenvalue weighted by Gasteiger charge is 2.13. The van der Waals surface area contributed by atoms with E-state index in [9.17, 15) is 4.79 Å². The molecule has 1 aromatic rings. The van der Waals surface area contributed by atoms with E-state index in [1.165, 1.54) is 0 Å². The molecule has 0 aromatic heterocycles. The van der Waals surface area contributed by atoms with Crippen LogP contribution in [-0.4, -0.2) is 19.6 Å². The number of methoxy groups -OCH3 is 1. The maximum Gasteiger partial charge on any atom is 0.238 e. The summed E-state index contributed by atoms with van der Waals surface area (Å²) in [5, 5.41) is 0. The van der Waals surface area contributed by atoms with Crippen molar-refractivity contribution in [3.8, 4) is 11.5 Å². The molecule has 0 radical (unpaired) electrons. The molecule has 0 bridgehead atoms. The van der Waals surface area contributed by atoms with E-state index in [0.29, 0.717) is 18.1 Å². The Labute approximate surface area is 107 Å². The number of para-hydroxylation sites is 1. The first-order valence-corrected chi connectivity index (χ1v) is 6.01. The molecular weight excluding hydrogens is 232 g/mol. The monoisotopic (exact) mass is 252 g/mol. The summed E-state index contributed by atoms with van der Waals surface area (Å²) in [5.41, 5.74) is 2.88. The normalized spacial score (nSPS) is 9.94. The highest BCUT2D eigenvalue weighted by molar-refractivity contribution is 5.79. The first kappa shape index (κ1) is 14.3. The van der Waals surface area contributed by atoms with E-state index in [1.54, 1.807) is 7.11 Å². The van der Waals surface area contributed by atoms with E-state index in [4.69, 9.17) is 15.3 Å². The molecule has 0 aliphatic carbocycles. The van der Waals surface area contributed by atoms with Crippen LogP contribution in [0.25, 0.3) is 0 Å². The van der Waals surface area contributed by atoms with E-state index in [1.807, 2.05) is 18.2 Å². The molecule has 1 amide bonds. The maximum atomic E-state index is 11.3. The van der Waals surface area contributed by atoms with Crippen molar-refractivity contribution in [2.75, 3.05) is 13.7 Å². The van der Waals surface area contributed by atoms with Crippen LogP contribution in [0.15, 0.2) is 18.2 Å². The van der Waals surface area contributed by atoms with Crippen LogP contribution in [0.3, 0.4) is 0 Å². The number of nitrogens with two attached hydrogens (primary N) is 1. The van der Waals surface area contributed by atoms with Gasteiger partial charge in [-0.05, 0) is 12.5 Å². The molecule has 0 aliphatic heterocycles. The van der Waals surface area contributed by atoms with Gasteiger partial charge < -0.3 is 9.47 Å². The van der Waals surface area contributed by atoms with Crippen LogP contribution in [0.5, 0.6) is 11.5 Å². The standard InChI is InChI=1S/C13H20N2O3/c1-3-4-8-18-13-10(9-12(16)15-14)6-5-7-11(13)17-2/h5-7H,3-4,8-9,14H2,1-2H3,(H,15,16). The molecule has 0 unspecified atom stereocenters. The molecule has 0 saturated carbocycles. The maximum absolute atomic E-state index is 11.3. The molecule has 0 heterocycles. The van der Waals surface area contributed by atoms with Gasteiger partial charge in [-0.25, -0.2) is 5.84 Å². The molecule has 0 saturated heterocycles. The fourth-order valence-corrected chi connectivity index (χ4v) is 1.57. The largest absolute Gasteiger partial charge is 0.493 e. The lowest BCUT2D eigenvalue weighted by Crippen LogP contribution is -2.31. The summed E-state index contributed by atoms with van der Waals surface area (Å²) in [6, 6.07) is 5.47. The average Bonchev–Trinajstić information content (AvgIpc) is 2.40. The van der Waals surface area contributed by atoms with Gasteiger partial charge in [0.15, 0.2) is 11.5 Å². The number of benzene rings is 1. The minimum atomic E-state index is -0.261. The number of nitrogens with one attached hydrogen (secondary N) is 1. The molecule has 5 heteroatoms. The number of hydrogen-bond donors (Lipinski definition) is 2. The second kappa shape index (κ2) is 7.55. The number of hydrazine groups is 1. The first-order chi connectivity index (χ1) is 8.72. The number of ether oxygens (including phenoxy) is 2. The Morgan fingerprint density at radius 1 is 1.44 bits per heavy atom. The summed E-state index contributed by atoms with van der Waals surface area (Å²) in [4.78, 5) is 11.3. The lowest BCUT2D eigenvalue weighted by Gasteiger charge is -2.14. The SMILES string of the molecule is CCCCOc1c(CC(=O)NN)cccc1OC. The predicted molar refractivity (Wildman–Crippen MR) is 69.4 cm³/mol. The average molecular weight is 252 g/mol. The van der Waals surface area contributed by atoms with Gasteiger partial charge in [0.1, 0.15) is 0 Å². The number of rotatable bonds is 7. The lowest BCUT2D eigenvalue weighted by atomic mass is 10.1. The third-order valence-electron chi connectivity index (χ3n) is 2.54. The molecule has 0 aliphatic rings. The zero-order valence-corrected chi connectivity index (χ0v) is 10.9. The molecule has 0 atom stereocenters. The van der Waals surface area contributed by atoms with Gasteiger partial charge in [0.05, 0.1) is 20.1 Å². The Morgan fingerprint density at radius 3 is 2.83 bits per heavy atom. The molecule has 18 heavy (non-hydrogen) atoms. The highest BCUT2D eigenvalue weighted by atomic mass is 16.5. The van der Waals surface area contributed by atoms with E-state index < -0.39 is 0 Å². The van der Waals surface area contributed by atoms with Crippen LogP contribution in [0.1, 0.15) is 25.3 Å². The number of carbonyl (C=O) groups is 1. The third-order valence-corrected chi connectivity index (χ3v) is 2.54. The molecule has 1 aromatic carbocycles. The van der Waals surface area contributed by atoms with E-state index in [0.717, 1.165) is 18.4 Å². The number of hydrogen-bond acceptors (Lipinski definition) is 4. The van der Waals surface area contributed by atoms with Crippen molar-refractivity contribution >= 4 is 5.91 Å². The second-order valence-corrected chi connectivity index (χ2v) is 3.89. The van der Waals surface area contributed by atoms with E-state index in [2.05, 4.69) is 12.3 Å². The van der Waals surface area contributed by atoms with E-state index >= 15 is 0 Å². The molecule has 5 nitrogen and oxygen atoms in total. The van der Waals surface area contributed by atoms with Gasteiger partial charge >= 0.3 is 0 Å². The van der Waals surface area contributed by atoms with Gasteiger partial charge in [-0.3, -0.25) is 10.2 Å². The highest BCUT2D eigenvalue weighted by Crippen LogP contribution is 2.31. The van der Waals surface area contributed by atoms with Crippen molar-refractivity contribution in [2.45, 2.75) is 26.2 Å². The fraction of sp³-hybridized carbons (Fsp3) is 0.462. The molecule has 0 fully saturated rings. The van der Waals surface area contributed by atoms with Crippen LogP contribution < -0.4 is 20.7 Å². The van der Waals surface area contributed by atoms with Crippen LogP contribution in [0.2, 0.25) is 0 Å². The Balaban J connectivity index is 2.89. The number of unbranched alkanes of at least 4 members (excludes halogenated alkanes) is 1. The van der Waals surface area contributed by atoms with Crippen LogP contribution >= 0.6 is 0 Å². The Hall–Kier alpha value is -1.75. The summed E-state index contributed by atoms with van der Waals surface area (Å²) in [5.74, 6) is 6.09. The minimum Gasteiger partial charge on any atom is -0.493 e. The van der Waals surface area contributed by atoms with Crippen LogP contribution in [0, 0.1) is 0 Å². The van der Waals surface area contributed by atoms with Gasteiger partial charge in [-0.15, -0.1) is 0 Å². The smallest absolute Gasteiger partial charge is 0.238 e. The van der Waals surface area contributed by atoms with Gasteiger partial charge in [-0.1, -0.05) is 25.5 Å². The Kier molecular flexibility index (Phi) is 6.00. The fourth-order valence-electron chi connectivity index (χ4n) is 1.57. The van der Waals surface area contributed by atoms with Crippen molar-refractivity contribution in [3.63, 3.8) is 0 Å². The molecular formula is C13H20N2O3. The van der Waals surface area contributed by atoms with Crippen LogP contribution in [0.4, 0.5) is 0 Å². The molecule has 0 spiro atoms. The zero-order chi connectivity index (χ0) is 13.4. The molecule has 1 rings (SSSR count). The third kappa shape index (κ3) is 3.92. The summed E-state index contributed by atoms with van der Waals surface area (Å²) in [7, 11) is 1.58. The van der Waals surface area contributed by atoms with Gasteiger partial charge in [0, 0.05) is 5.56 Å². The quantitative estimate of drug-likeness (QED) is 0.333. The summed E-state index contributed by atoms with van der Waals surface area (Å²) in [6.07, 6.45) is 2.18. The number of carbonyl (C=O) groups excluding carboxylic acids is 1. The van der Waals surface area contributed by atoms with Gasteiger partial charge in [-0.2, -0.15) is 0 Å². The summed E-state index contributed by atoms with van der Waals surface area (Å²) >= 11 is 0. The second-order valence-electron chi connectivity index (χ2n) is 3.89. The summed E-state index contributed by atoms with van der Waals surface area (Å²) < 4.78 is 10.9. The molecule has 100 valence electrons. The lowest BCUT2D eigenvalue weighted by molar-refractivity contribution is -0.120. The number of amides is 1. The topological polar surface area (TPSA) is 73.6 Å². The van der Waals surface area contributed by atoms with Crippen molar-refractivity contribution in [1.29, 1.82) is 0 Å². The Morgan fingerprint density at radius 2 is 2.22 bits per heavy atom. The predicted octanol–water partition coefficient (Wildman–Crippen LogP) is 1.41. The molecule has 3 N–H and O–H groups in total. The zero-order valence-electron chi connectivity index (χ0n) is 10.9. The van der Waals surface area contributed by atoms with E-state index in [-0.39, 0.29) is 12.3 Å². The van der Waals surface area contributed by atoms with Gasteiger partial charge in [0.2, 0.25) is 5.91 Å². The first-order valence-electron chi connectivity index (χ1n) is 6.01. The van der Waals surface area contributed by atoms with Gasteiger partial charge in [0.25, 0.3) is 0 Å². The van der Waals surface area contributed by atoms with Crippen molar-refractivity contribution in [3.05, 3.63) is 23.8 Å².